The highest BCUT2D eigenvalue weighted by Gasteiger charge is 2.05. The van der Waals surface area contributed by atoms with Gasteiger partial charge in [-0.05, 0) is 13.8 Å². The molecule has 0 rings (SSSR count). The quantitative estimate of drug-likeness (QED) is 0.592. The largest absolute Gasteiger partial charge is 0.453 e. The molecule has 0 heterocycles. The Morgan fingerprint density at radius 2 is 2.20 bits per heavy atom. The van der Waals surface area contributed by atoms with E-state index in [1.165, 1.54) is 7.11 Å². The van der Waals surface area contributed by atoms with Crippen molar-refractivity contribution in [1.82, 2.24) is 5.32 Å². The van der Waals surface area contributed by atoms with Gasteiger partial charge < -0.3 is 10.1 Å². The molecule has 0 aromatic heterocycles. The molecule has 0 saturated heterocycles. The van der Waals surface area contributed by atoms with Crippen molar-refractivity contribution in [2.75, 3.05) is 7.11 Å². The summed E-state index contributed by atoms with van der Waals surface area (Å²) in [7, 11) is 1.33. The highest BCUT2D eigenvalue weighted by atomic mass is 16.5. The predicted octanol–water partition coefficient (Wildman–Crippen LogP) is 1.31. The van der Waals surface area contributed by atoms with Crippen molar-refractivity contribution in [2.24, 2.45) is 0 Å². The Kier molecular flexibility index (Phi) is 3.54. The number of hydrogen-bond donors (Lipinski definition) is 1. The highest BCUT2D eigenvalue weighted by molar-refractivity contribution is 5.67. The van der Waals surface area contributed by atoms with Gasteiger partial charge in [0.15, 0.2) is 0 Å². The first-order valence-corrected chi connectivity index (χ1v) is 3.07. The van der Waals surface area contributed by atoms with E-state index in [0.29, 0.717) is 0 Å². The lowest BCUT2D eigenvalue weighted by Gasteiger charge is -2.11. The predicted molar refractivity (Wildman–Crippen MR) is 39.8 cm³/mol. The van der Waals surface area contributed by atoms with Crippen LogP contribution in [0.2, 0.25) is 0 Å². The summed E-state index contributed by atoms with van der Waals surface area (Å²) < 4.78 is 4.38. The Morgan fingerprint density at radius 1 is 1.70 bits per heavy atom. The summed E-state index contributed by atoms with van der Waals surface area (Å²) in [5, 5.41) is 2.57. The average Bonchev–Trinajstić information content (AvgIpc) is 1.87. The van der Waals surface area contributed by atoms with Crippen LogP contribution in [0.25, 0.3) is 0 Å². The first-order valence-electron chi connectivity index (χ1n) is 3.07. The molecule has 0 aromatic rings. The molecule has 58 valence electrons. The fourth-order valence-corrected chi connectivity index (χ4v) is 0.359. The fraction of sp³-hybridized carbons (Fsp3) is 0.571. The molecule has 0 aliphatic carbocycles. The maximum Gasteiger partial charge on any atom is 0.407 e. The lowest BCUT2D eigenvalue weighted by molar-refractivity contribution is 0.169. The van der Waals surface area contributed by atoms with Crippen molar-refractivity contribution >= 4 is 6.09 Å². The molecule has 0 fully saturated rings. The molecule has 0 bridgehead atoms. The van der Waals surface area contributed by atoms with Crippen LogP contribution in [-0.2, 0) is 4.74 Å². The van der Waals surface area contributed by atoms with Gasteiger partial charge in [-0.1, -0.05) is 12.2 Å². The number of hydrogen-bond acceptors (Lipinski definition) is 2. The number of methoxy groups -OCH3 is 1. The zero-order chi connectivity index (χ0) is 8.15. The molecule has 3 heteroatoms. The second-order valence-corrected chi connectivity index (χ2v) is 2.20. The molecule has 1 amide bonds. The zero-order valence-corrected chi connectivity index (χ0v) is 6.60. The number of carbonyl (C=O) groups is 1. The van der Waals surface area contributed by atoms with Gasteiger partial charge in [-0.3, -0.25) is 0 Å². The van der Waals surface area contributed by atoms with E-state index in [0.717, 1.165) is 5.57 Å². The molecule has 0 saturated carbocycles. The summed E-state index contributed by atoms with van der Waals surface area (Å²) in [5.74, 6) is 0. The lowest BCUT2D eigenvalue weighted by atomic mass is 10.2. The van der Waals surface area contributed by atoms with Gasteiger partial charge in [0, 0.05) is 0 Å². The minimum absolute atomic E-state index is 0.0209. The van der Waals surface area contributed by atoms with Crippen LogP contribution in [0.1, 0.15) is 13.8 Å². The van der Waals surface area contributed by atoms with Crippen LogP contribution in [0.5, 0.6) is 0 Å². The summed E-state index contributed by atoms with van der Waals surface area (Å²) in [5.41, 5.74) is 0.908. The highest BCUT2D eigenvalue weighted by Crippen LogP contribution is 1.95. The molecule has 1 atom stereocenters. The standard InChI is InChI=1S/C7H13NO2/c1-5(2)6(3)8-7(9)10-4/h6H,1H2,2-4H3,(H,8,9). The van der Waals surface area contributed by atoms with E-state index in [2.05, 4.69) is 16.6 Å². The van der Waals surface area contributed by atoms with Crippen LogP contribution in [0.3, 0.4) is 0 Å². The monoisotopic (exact) mass is 143 g/mol. The Morgan fingerprint density at radius 3 is 2.50 bits per heavy atom. The van der Waals surface area contributed by atoms with Gasteiger partial charge in [-0.25, -0.2) is 4.79 Å². The van der Waals surface area contributed by atoms with Crippen LogP contribution in [0.15, 0.2) is 12.2 Å². The number of alkyl carbamates (subject to hydrolysis) is 1. The number of carbonyl (C=O) groups excluding carboxylic acids is 1. The Labute approximate surface area is 61.1 Å². The first kappa shape index (κ1) is 9.01. The third-order valence-electron chi connectivity index (χ3n) is 1.26. The molecule has 0 radical (unpaired) electrons. The molecule has 0 aliphatic rings. The molecule has 0 aromatic carbocycles. The van der Waals surface area contributed by atoms with Gasteiger partial charge in [0.1, 0.15) is 0 Å². The van der Waals surface area contributed by atoms with Gasteiger partial charge in [0.05, 0.1) is 13.2 Å². The summed E-state index contributed by atoms with van der Waals surface area (Å²) in [6.07, 6.45) is -0.421. The maximum atomic E-state index is 10.6. The van der Waals surface area contributed by atoms with Gasteiger partial charge in [0.25, 0.3) is 0 Å². The third-order valence-corrected chi connectivity index (χ3v) is 1.26. The van der Waals surface area contributed by atoms with Gasteiger partial charge in [0.2, 0.25) is 0 Å². The van der Waals surface area contributed by atoms with Crippen molar-refractivity contribution in [3.05, 3.63) is 12.2 Å². The maximum absolute atomic E-state index is 10.6. The van der Waals surface area contributed by atoms with Crippen LogP contribution in [0, 0.1) is 0 Å². The molecule has 0 spiro atoms. The second kappa shape index (κ2) is 3.93. The number of rotatable bonds is 2. The normalized spacial score (nSPS) is 11.9. The Bertz CT molecular complexity index is 143. The smallest absolute Gasteiger partial charge is 0.407 e. The zero-order valence-electron chi connectivity index (χ0n) is 6.60. The van der Waals surface area contributed by atoms with E-state index in [-0.39, 0.29) is 6.04 Å². The number of amides is 1. The topological polar surface area (TPSA) is 38.3 Å². The SMILES string of the molecule is C=C(C)C(C)NC(=O)OC. The van der Waals surface area contributed by atoms with Gasteiger partial charge in [-0.15, -0.1) is 0 Å². The summed E-state index contributed by atoms with van der Waals surface area (Å²) >= 11 is 0. The van der Waals surface area contributed by atoms with Crippen molar-refractivity contribution in [3.63, 3.8) is 0 Å². The third kappa shape index (κ3) is 3.12. The van der Waals surface area contributed by atoms with E-state index in [1.807, 2.05) is 13.8 Å². The van der Waals surface area contributed by atoms with E-state index >= 15 is 0 Å². The molecule has 1 unspecified atom stereocenters. The molecule has 1 N–H and O–H groups in total. The molecule has 0 aliphatic heterocycles. The second-order valence-electron chi connectivity index (χ2n) is 2.20. The summed E-state index contributed by atoms with van der Waals surface area (Å²) in [6.45, 7) is 7.37. The van der Waals surface area contributed by atoms with Crippen LogP contribution < -0.4 is 5.32 Å². The van der Waals surface area contributed by atoms with Gasteiger partial charge >= 0.3 is 6.09 Å². The van der Waals surface area contributed by atoms with Crippen molar-refractivity contribution in [1.29, 1.82) is 0 Å². The van der Waals surface area contributed by atoms with Gasteiger partial charge in [-0.2, -0.15) is 0 Å². The molecule has 10 heavy (non-hydrogen) atoms. The molecular weight excluding hydrogens is 130 g/mol. The Balaban J connectivity index is 3.68. The minimum Gasteiger partial charge on any atom is -0.453 e. The molecular formula is C7H13NO2. The van der Waals surface area contributed by atoms with E-state index in [4.69, 9.17) is 0 Å². The van der Waals surface area contributed by atoms with Crippen molar-refractivity contribution < 1.29 is 9.53 Å². The minimum atomic E-state index is -0.421. The summed E-state index contributed by atoms with van der Waals surface area (Å²) in [6, 6.07) is -0.0209. The van der Waals surface area contributed by atoms with Crippen molar-refractivity contribution in [2.45, 2.75) is 19.9 Å². The average molecular weight is 143 g/mol. The lowest BCUT2D eigenvalue weighted by Crippen LogP contribution is -2.32. The van der Waals surface area contributed by atoms with Crippen LogP contribution in [0.4, 0.5) is 4.79 Å². The van der Waals surface area contributed by atoms with Crippen LogP contribution in [-0.4, -0.2) is 19.2 Å². The van der Waals surface area contributed by atoms with E-state index < -0.39 is 6.09 Å². The first-order chi connectivity index (χ1) is 4.57. The number of ether oxygens (including phenoxy) is 1. The van der Waals surface area contributed by atoms with E-state index in [9.17, 15) is 4.79 Å². The fourth-order valence-electron chi connectivity index (χ4n) is 0.359. The Hall–Kier alpha value is -0.990. The van der Waals surface area contributed by atoms with Crippen molar-refractivity contribution in [3.8, 4) is 0 Å². The number of nitrogens with one attached hydrogen (secondary N) is 1. The van der Waals surface area contributed by atoms with E-state index in [1.54, 1.807) is 0 Å². The molecule has 3 nitrogen and oxygen atoms in total. The summed E-state index contributed by atoms with van der Waals surface area (Å²) in [4.78, 5) is 10.6. The van der Waals surface area contributed by atoms with Crippen LogP contribution >= 0.6 is 0 Å².